The van der Waals surface area contributed by atoms with E-state index in [0.717, 1.165) is 0 Å². The number of pyridine rings is 1. The zero-order valence-electron chi connectivity index (χ0n) is 6.87. The van der Waals surface area contributed by atoms with Gasteiger partial charge in [-0.15, -0.1) is 0 Å². The maximum atomic E-state index is 10.9. The predicted molar refractivity (Wildman–Crippen MR) is 47.6 cm³/mol. The number of nitrogens with one attached hydrogen (secondary N) is 1. The highest BCUT2D eigenvalue weighted by Gasteiger charge is 2.01. The fourth-order valence-corrected chi connectivity index (χ4v) is 0.762. The van der Waals surface area contributed by atoms with Crippen LogP contribution in [0.4, 0.5) is 11.5 Å². The molecule has 0 saturated heterocycles. The van der Waals surface area contributed by atoms with Crippen molar-refractivity contribution in [2.45, 2.75) is 13.3 Å². The van der Waals surface area contributed by atoms with Gasteiger partial charge in [-0.1, -0.05) is 6.92 Å². The fourth-order valence-electron chi connectivity index (χ4n) is 0.762. The lowest BCUT2D eigenvalue weighted by Crippen LogP contribution is -2.11. The molecule has 64 valence electrons. The Balaban J connectivity index is 2.75. The highest BCUT2D eigenvalue weighted by molar-refractivity contribution is 5.92. The van der Waals surface area contributed by atoms with E-state index in [2.05, 4.69) is 10.3 Å². The molecular formula is C8H11N3O. The van der Waals surface area contributed by atoms with Crippen LogP contribution < -0.4 is 11.1 Å². The highest BCUT2D eigenvalue weighted by atomic mass is 16.1. The zero-order chi connectivity index (χ0) is 8.97. The molecule has 1 heterocycles. The summed E-state index contributed by atoms with van der Waals surface area (Å²) in [4.78, 5) is 14.8. The predicted octanol–water partition coefficient (Wildman–Crippen LogP) is 1.01. The van der Waals surface area contributed by atoms with Crippen LogP contribution in [0.3, 0.4) is 0 Å². The van der Waals surface area contributed by atoms with Crippen LogP contribution in [0.2, 0.25) is 0 Å². The first-order chi connectivity index (χ1) is 5.74. The summed E-state index contributed by atoms with van der Waals surface area (Å²) in [6.45, 7) is 1.78. The number of nitrogens with two attached hydrogens (primary N) is 1. The zero-order valence-corrected chi connectivity index (χ0v) is 6.87. The lowest BCUT2D eigenvalue weighted by Gasteiger charge is -2.04. The molecular weight excluding hydrogens is 154 g/mol. The minimum Gasteiger partial charge on any atom is -0.382 e. The van der Waals surface area contributed by atoms with Crippen molar-refractivity contribution in [2.24, 2.45) is 0 Å². The van der Waals surface area contributed by atoms with Crippen molar-refractivity contribution in [3.8, 4) is 0 Å². The first-order valence-corrected chi connectivity index (χ1v) is 3.74. The third-order valence-corrected chi connectivity index (χ3v) is 1.43. The Morgan fingerprint density at radius 3 is 3.08 bits per heavy atom. The third kappa shape index (κ3) is 1.95. The first-order valence-electron chi connectivity index (χ1n) is 3.74. The van der Waals surface area contributed by atoms with Crippen LogP contribution in [0.25, 0.3) is 0 Å². The van der Waals surface area contributed by atoms with Crippen LogP contribution in [-0.4, -0.2) is 10.9 Å². The normalized spacial score (nSPS) is 9.42. The minimum absolute atomic E-state index is 0.0605. The summed E-state index contributed by atoms with van der Waals surface area (Å²) in [5.74, 6) is 0.286. The Morgan fingerprint density at radius 2 is 2.50 bits per heavy atom. The van der Waals surface area contributed by atoms with Crippen LogP contribution in [0.1, 0.15) is 13.3 Å². The number of nitrogens with zero attached hydrogens (tertiary/aromatic N) is 1. The molecule has 1 aromatic rings. The lowest BCUT2D eigenvalue weighted by atomic mass is 10.3. The SMILES string of the molecule is CCC(=O)Nc1cccnc1N. The van der Waals surface area contributed by atoms with Crippen LogP contribution in [0.5, 0.6) is 0 Å². The Kier molecular flexibility index (Phi) is 2.63. The molecule has 1 aromatic heterocycles. The Hall–Kier alpha value is -1.58. The topological polar surface area (TPSA) is 68.0 Å². The molecule has 0 unspecified atom stereocenters. The van der Waals surface area contributed by atoms with Crippen molar-refractivity contribution >= 4 is 17.4 Å². The highest BCUT2D eigenvalue weighted by Crippen LogP contribution is 2.13. The van der Waals surface area contributed by atoms with Crippen molar-refractivity contribution in [1.82, 2.24) is 4.98 Å². The molecule has 0 atom stereocenters. The average Bonchev–Trinajstić information content (AvgIpc) is 2.09. The van der Waals surface area contributed by atoms with Gasteiger partial charge < -0.3 is 11.1 Å². The summed E-state index contributed by atoms with van der Waals surface area (Å²) in [6.07, 6.45) is 2.02. The molecule has 4 nitrogen and oxygen atoms in total. The first kappa shape index (κ1) is 8.52. The van der Waals surface area contributed by atoms with Gasteiger partial charge in [0.25, 0.3) is 0 Å². The molecule has 0 aliphatic heterocycles. The molecule has 3 N–H and O–H groups in total. The largest absolute Gasteiger partial charge is 0.382 e. The van der Waals surface area contributed by atoms with Gasteiger partial charge in [0, 0.05) is 12.6 Å². The summed E-state index contributed by atoms with van der Waals surface area (Å²) in [5, 5.41) is 2.63. The Morgan fingerprint density at radius 1 is 1.75 bits per heavy atom. The summed E-state index contributed by atoms with van der Waals surface area (Å²) in [5.41, 5.74) is 6.07. The molecule has 1 rings (SSSR count). The Bertz CT molecular complexity index is 285. The van der Waals surface area contributed by atoms with Crippen molar-refractivity contribution in [3.63, 3.8) is 0 Å². The van der Waals surface area contributed by atoms with E-state index in [-0.39, 0.29) is 5.91 Å². The second-order valence-corrected chi connectivity index (χ2v) is 2.34. The molecule has 0 aliphatic rings. The van der Waals surface area contributed by atoms with Gasteiger partial charge in [-0.2, -0.15) is 0 Å². The van der Waals surface area contributed by atoms with Crippen molar-refractivity contribution in [3.05, 3.63) is 18.3 Å². The van der Waals surface area contributed by atoms with Crippen LogP contribution >= 0.6 is 0 Å². The van der Waals surface area contributed by atoms with Crippen LogP contribution in [0, 0.1) is 0 Å². The monoisotopic (exact) mass is 165 g/mol. The van der Waals surface area contributed by atoms with E-state index in [9.17, 15) is 4.79 Å². The van der Waals surface area contributed by atoms with Crippen LogP contribution in [-0.2, 0) is 4.79 Å². The standard InChI is InChI=1S/C8H11N3O/c1-2-7(12)11-6-4-3-5-10-8(6)9/h3-5H,2H2,1H3,(H2,9,10)(H,11,12). The van der Waals surface area contributed by atoms with E-state index in [4.69, 9.17) is 5.73 Å². The van der Waals surface area contributed by atoms with Gasteiger partial charge in [0.15, 0.2) is 0 Å². The van der Waals surface area contributed by atoms with E-state index in [0.29, 0.717) is 17.9 Å². The summed E-state index contributed by atoms with van der Waals surface area (Å²) < 4.78 is 0. The molecule has 12 heavy (non-hydrogen) atoms. The number of hydrogen-bond donors (Lipinski definition) is 2. The van der Waals surface area contributed by atoms with Gasteiger partial charge >= 0.3 is 0 Å². The fraction of sp³-hybridized carbons (Fsp3) is 0.250. The molecule has 0 spiro atoms. The smallest absolute Gasteiger partial charge is 0.224 e. The summed E-state index contributed by atoms with van der Waals surface area (Å²) in [6, 6.07) is 3.44. The third-order valence-electron chi connectivity index (χ3n) is 1.43. The lowest BCUT2D eigenvalue weighted by molar-refractivity contribution is -0.115. The number of amides is 1. The molecule has 0 radical (unpaired) electrons. The summed E-state index contributed by atoms with van der Waals surface area (Å²) >= 11 is 0. The molecule has 0 fully saturated rings. The van der Waals surface area contributed by atoms with Gasteiger partial charge in [0.2, 0.25) is 5.91 Å². The number of carbonyl (C=O) groups is 1. The van der Waals surface area contributed by atoms with Crippen LogP contribution in [0.15, 0.2) is 18.3 Å². The average molecular weight is 165 g/mol. The molecule has 0 aromatic carbocycles. The van der Waals surface area contributed by atoms with Gasteiger partial charge in [-0.3, -0.25) is 4.79 Å². The van der Waals surface area contributed by atoms with Crippen molar-refractivity contribution in [2.75, 3.05) is 11.1 Å². The van der Waals surface area contributed by atoms with Crippen molar-refractivity contribution in [1.29, 1.82) is 0 Å². The van der Waals surface area contributed by atoms with E-state index < -0.39 is 0 Å². The van der Waals surface area contributed by atoms with Crippen molar-refractivity contribution < 1.29 is 4.79 Å². The number of carbonyl (C=O) groups excluding carboxylic acids is 1. The van der Waals surface area contributed by atoms with Gasteiger partial charge in [-0.05, 0) is 12.1 Å². The second kappa shape index (κ2) is 3.71. The molecule has 1 amide bonds. The Labute approximate surface area is 70.8 Å². The molecule has 0 aliphatic carbocycles. The van der Waals surface area contributed by atoms with E-state index in [1.54, 1.807) is 25.3 Å². The van der Waals surface area contributed by atoms with Gasteiger partial charge in [0.05, 0.1) is 5.69 Å². The van der Waals surface area contributed by atoms with Gasteiger partial charge in [0.1, 0.15) is 5.82 Å². The van der Waals surface area contributed by atoms with E-state index in [1.807, 2.05) is 0 Å². The van der Waals surface area contributed by atoms with E-state index >= 15 is 0 Å². The minimum atomic E-state index is -0.0605. The van der Waals surface area contributed by atoms with E-state index in [1.165, 1.54) is 0 Å². The molecule has 0 saturated carbocycles. The molecule has 4 heteroatoms. The molecule has 0 bridgehead atoms. The number of rotatable bonds is 2. The number of nitrogen functional groups attached to an aromatic ring is 1. The summed E-state index contributed by atoms with van der Waals surface area (Å²) in [7, 11) is 0. The number of aromatic nitrogens is 1. The second-order valence-electron chi connectivity index (χ2n) is 2.34. The maximum absolute atomic E-state index is 10.9. The number of hydrogen-bond acceptors (Lipinski definition) is 3. The quantitative estimate of drug-likeness (QED) is 0.687. The maximum Gasteiger partial charge on any atom is 0.224 e. The van der Waals surface area contributed by atoms with Gasteiger partial charge in [-0.25, -0.2) is 4.98 Å². The number of anilines is 2.